The Bertz CT molecular complexity index is 1190. The molecule has 192 valence electrons. The predicted molar refractivity (Wildman–Crippen MR) is 132 cm³/mol. The fraction of sp³-hybridized carbons (Fsp3) is 0.320. The number of hydrogen-bond donors (Lipinski definition) is 0. The van der Waals surface area contributed by atoms with Crippen molar-refractivity contribution in [2.24, 2.45) is 0 Å². The quantitative estimate of drug-likeness (QED) is 0.219. The monoisotopic (exact) mass is 516 g/mol. The molecule has 0 saturated carbocycles. The molecule has 0 aliphatic rings. The van der Waals surface area contributed by atoms with Gasteiger partial charge in [0.2, 0.25) is 17.6 Å². The lowest BCUT2D eigenvalue weighted by molar-refractivity contribution is 0.0361. The highest BCUT2D eigenvalue weighted by atomic mass is 31.2. The molecule has 0 bridgehead atoms. The highest BCUT2D eigenvalue weighted by Crippen LogP contribution is 2.61. The zero-order valence-electron chi connectivity index (χ0n) is 20.8. The topological polar surface area (TPSA) is 115 Å². The number of rotatable bonds is 12. The Kier molecular flexibility index (Phi) is 9.41. The fourth-order valence-electron chi connectivity index (χ4n) is 3.20. The second kappa shape index (κ2) is 12.5. The molecular weight excluding hydrogens is 487 g/mol. The minimum absolute atomic E-state index is 0.0551. The second-order valence-corrected chi connectivity index (χ2v) is 9.44. The first kappa shape index (κ1) is 27.1. The summed E-state index contributed by atoms with van der Waals surface area (Å²) in [5.74, 6) is -1.56. The molecule has 1 unspecified atom stereocenters. The van der Waals surface area contributed by atoms with Crippen LogP contribution in [0.4, 0.5) is 0 Å². The van der Waals surface area contributed by atoms with Crippen molar-refractivity contribution in [2.75, 3.05) is 27.4 Å². The summed E-state index contributed by atoms with van der Waals surface area (Å²) < 4.78 is 46.5. The molecule has 2 aromatic carbocycles. The molecule has 0 saturated heterocycles. The number of benzene rings is 2. The summed E-state index contributed by atoms with van der Waals surface area (Å²) in [5, 5.41) is 0. The van der Waals surface area contributed by atoms with Crippen LogP contribution in [0.1, 0.15) is 41.2 Å². The van der Waals surface area contributed by atoms with E-state index in [2.05, 4.69) is 9.97 Å². The molecule has 3 rings (SSSR count). The molecule has 0 N–H and O–H groups in total. The zero-order chi connectivity index (χ0) is 26.1. The highest BCUT2D eigenvalue weighted by molar-refractivity contribution is 7.54. The first-order valence-electron chi connectivity index (χ1n) is 11.2. The number of esters is 1. The van der Waals surface area contributed by atoms with Crippen molar-refractivity contribution in [1.82, 2.24) is 9.97 Å². The van der Waals surface area contributed by atoms with E-state index in [1.54, 1.807) is 44.2 Å². The summed E-state index contributed by atoms with van der Waals surface area (Å²) in [5.41, 5.74) is 1.51. The molecule has 10 nitrogen and oxygen atoms in total. The van der Waals surface area contributed by atoms with E-state index in [0.29, 0.717) is 5.56 Å². The maximum atomic E-state index is 13.7. The van der Waals surface area contributed by atoms with Gasteiger partial charge in [-0.15, -0.1) is 0 Å². The number of aromatic nitrogens is 2. The first-order chi connectivity index (χ1) is 17.3. The van der Waals surface area contributed by atoms with E-state index in [9.17, 15) is 9.36 Å². The molecule has 1 aromatic heterocycles. The number of methoxy groups -OCH3 is 2. The lowest BCUT2D eigenvalue weighted by atomic mass is 10.1. The summed E-state index contributed by atoms with van der Waals surface area (Å²) >= 11 is 0. The van der Waals surface area contributed by atoms with Crippen LogP contribution in [-0.2, 0) is 18.3 Å². The Hall–Kier alpha value is -3.46. The van der Waals surface area contributed by atoms with Gasteiger partial charge in [0.1, 0.15) is 11.3 Å². The van der Waals surface area contributed by atoms with Crippen LogP contribution in [0.15, 0.2) is 54.6 Å². The maximum Gasteiger partial charge on any atom is 0.375 e. The van der Waals surface area contributed by atoms with E-state index in [0.717, 1.165) is 5.56 Å². The van der Waals surface area contributed by atoms with Crippen molar-refractivity contribution in [3.05, 3.63) is 71.3 Å². The minimum atomic E-state index is -3.89. The molecule has 0 fully saturated rings. The van der Waals surface area contributed by atoms with Crippen molar-refractivity contribution in [2.45, 2.75) is 26.6 Å². The van der Waals surface area contributed by atoms with Crippen LogP contribution in [0.5, 0.6) is 23.5 Å². The van der Waals surface area contributed by atoms with Crippen molar-refractivity contribution in [3.63, 3.8) is 0 Å². The van der Waals surface area contributed by atoms with Gasteiger partial charge in [-0.25, -0.2) is 4.79 Å². The van der Waals surface area contributed by atoms with Gasteiger partial charge in [0.25, 0.3) is 0 Å². The van der Waals surface area contributed by atoms with Crippen LogP contribution in [0, 0.1) is 6.92 Å². The molecule has 0 aliphatic carbocycles. The van der Waals surface area contributed by atoms with Crippen LogP contribution >= 0.6 is 7.60 Å². The van der Waals surface area contributed by atoms with Gasteiger partial charge in [0, 0.05) is 5.56 Å². The zero-order valence-corrected chi connectivity index (χ0v) is 21.7. The van der Waals surface area contributed by atoms with E-state index >= 15 is 0 Å². The lowest BCUT2D eigenvalue weighted by Gasteiger charge is -2.26. The smallest absolute Gasteiger partial charge is 0.375 e. The third-order valence-electron chi connectivity index (χ3n) is 4.87. The molecular formula is C25H29N2O8P. The van der Waals surface area contributed by atoms with Gasteiger partial charge in [0.05, 0.1) is 33.5 Å². The molecule has 0 radical (unpaired) electrons. The van der Waals surface area contributed by atoms with Crippen LogP contribution in [0.3, 0.4) is 0 Å². The third kappa shape index (κ3) is 6.60. The van der Waals surface area contributed by atoms with Crippen molar-refractivity contribution in [1.29, 1.82) is 0 Å². The van der Waals surface area contributed by atoms with Gasteiger partial charge >= 0.3 is 19.6 Å². The molecule has 36 heavy (non-hydrogen) atoms. The number of nitrogens with zero attached hydrogens (tertiary/aromatic N) is 2. The summed E-state index contributed by atoms with van der Waals surface area (Å²) in [6, 6.07) is 14.8. The van der Waals surface area contributed by atoms with Crippen molar-refractivity contribution >= 4 is 13.6 Å². The van der Waals surface area contributed by atoms with Crippen LogP contribution in [-0.4, -0.2) is 43.4 Å². The maximum absolute atomic E-state index is 13.7. The highest BCUT2D eigenvalue weighted by Gasteiger charge is 2.41. The lowest BCUT2D eigenvalue weighted by Crippen LogP contribution is -2.16. The molecule has 0 spiro atoms. The van der Waals surface area contributed by atoms with Gasteiger partial charge < -0.3 is 28.0 Å². The van der Waals surface area contributed by atoms with E-state index < -0.39 is 19.4 Å². The molecule has 3 aromatic rings. The Morgan fingerprint density at radius 2 is 1.50 bits per heavy atom. The van der Waals surface area contributed by atoms with Gasteiger partial charge in [-0.1, -0.05) is 42.0 Å². The number of para-hydroxylation sites is 1. The average Bonchev–Trinajstić information content (AvgIpc) is 2.88. The molecule has 0 amide bonds. The Morgan fingerprint density at radius 1 is 0.917 bits per heavy atom. The summed E-state index contributed by atoms with van der Waals surface area (Å²) in [6.45, 7) is 5.49. The van der Waals surface area contributed by atoms with Crippen LogP contribution in [0.2, 0.25) is 0 Å². The predicted octanol–water partition coefficient (Wildman–Crippen LogP) is 5.72. The molecule has 1 atom stereocenters. The van der Waals surface area contributed by atoms with Gasteiger partial charge in [-0.3, -0.25) is 4.57 Å². The minimum Gasteiger partial charge on any atom is -0.481 e. The number of carbonyl (C=O) groups excluding carboxylic acids is 1. The van der Waals surface area contributed by atoms with Crippen molar-refractivity contribution in [3.8, 4) is 23.5 Å². The largest absolute Gasteiger partial charge is 0.481 e. The summed E-state index contributed by atoms with van der Waals surface area (Å²) in [6.07, 6.45) is 0. The van der Waals surface area contributed by atoms with E-state index in [4.69, 9.17) is 28.0 Å². The third-order valence-corrected chi connectivity index (χ3v) is 7.09. The summed E-state index contributed by atoms with van der Waals surface area (Å²) in [7, 11) is -1.00. The normalized spacial score (nSPS) is 12.0. The number of hydrogen-bond acceptors (Lipinski definition) is 10. The van der Waals surface area contributed by atoms with Gasteiger partial charge in [-0.05, 0) is 32.9 Å². The average molecular weight is 516 g/mol. The fourth-order valence-corrected chi connectivity index (χ4v) is 5.03. The number of aryl methyl sites for hydroxylation is 1. The van der Waals surface area contributed by atoms with E-state index in [-0.39, 0.29) is 42.3 Å². The number of carbonyl (C=O) groups is 1. The Morgan fingerprint density at radius 3 is 2.06 bits per heavy atom. The first-order valence-corrected chi connectivity index (χ1v) is 12.8. The summed E-state index contributed by atoms with van der Waals surface area (Å²) in [4.78, 5) is 21.6. The number of ether oxygens (including phenoxy) is 4. The van der Waals surface area contributed by atoms with Gasteiger partial charge in [-0.2, -0.15) is 9.97 Å². The standard InChI is InChI=1S/C25H29N2O8P/c1-6-32-36(29,33-7-2)24(18-14-12-17(3)13-15-18)35-23(28)19-10-8-9-11-20(19)34-25-26-21(30-4)16-22(27-25)31-5/h8-16,24H,6-7H2,1-5H3. The van der Waals surface area contributed by atoms with Crippen LogP contribution < -0.4 is 14.2 Å². The van der Waals surface area contributed by atoms with E-state index in [1.165, 1.54) is 26.4 Å². The van der Waals surface area contributed by atoms with Crippen LogP contribution in [0.25, 0.3) is 0 Å². The molecule has 0 aliphatic heterocycles. The SMILES string of the molecule is CCOP(=O)(OCC)C(OC(=O)c1ccccc1Oc1nc(OC)cc(OC)n1)c1ccc(C)cc1. The van der Waals surface area contributed by atoms with E-state index in [1.807, 2.05) is 19.1 Å². The van der Waals surface area contributed by atoms with Crippen molar-refractivity contribution < 1.29 is 37.4 Å². The molecule has 11 heteroatoms. The second-order valence-electron chi connectivity index (χ2n) is 7.38. The Balaban J connectivity index is 1.97. The van der Waals surface area contributed by atoms with Gasteiger partial charge in [0.15, 0.2) is 0 Å². The molecule has 1 heterocycles. The Labute approximate surface area is 210 Å².